The Morgan fingerprint density at radius 1 is 0.639 bits per heavy atom. The highest BCUT2D eigenvalue weighted by Gasteiger charge is 2.40. The van der Waals surface area contributed by atoms with Gasteiger partial charge in [-0.2, -0.15) is 0 Å². The van der Waals surface area contributed by atoms with Gasteiger partial charge in [-0.25, -0.2) is 9.97 Å². The summed E-state index contributed by atoms with van der Waals surface area (Å²) >= 11 is 0. The van der Waals surface area contributed by atoms with Crippen LogP contribution in [0.1, 0.15) is 89.4 Å². The molecule has 4 atom stereocenters. The number of benzene rings is 2. The van der Waals surface area contributed by atoms with E-state index >= 15 is 0 Å². The lowest BCUT2D eigenvalue weighted by molar-refractivity contribution is 0.224. The lowest BCUT2D eigenvalue weighted by atomic mass is 9.67. The molecule has 2 fully saturated rings. The van der Waals surface area contributed by atoms with Crippen LogP contribution in [0, 0.1) is 23.7 Å². The summed E-state index contributed by atoms with van der Waals surface area (Å²) in [4.78, 5) is 10.8. The number of para-hydroxylation sites is 3. The fraction of sp³-hybridized carbons (Fsp3) is 0.500. The molecular weight excluding hydrogens is 440 g/mol. The van der Waals surface area contributed by atoms with E-state index in [9.17, 15) is 0 Å². The molecule has 4 heteroatoms. The van der Waals surface area contributed by atoms with Gasteiger partial charge in [0.25, 0.3) is 0 Å². The zero-order valence-corrected chi connectivity index (χ0v) is 22.1. The molecule has 2 saturated carbocycles. The molecular formula is C32H38N4. The first kappa shape index (κ1) is 22.3. The van der Waals surface area contributed by atoms with Crippen LogP contribution in [-0.4, -0.2) is 18.8 Å². The zero-order valence-electron chi connectivity index (χ0n) is 22.1. The largest absolute Gasteiger partial charge is 0.281 e. The highest BCUT2D eigenvalue weighted by molar-refractivity contribution is 5.99. The fourth-order valence-electron chi connectivity index (χ4n) is 8.10. The molecule has 7 rings (SSSR count). The van der Waals surface area contributed by atoms with E-state index in [1.165, 1.54) is 60.8 Å². The van der Waals surface area contributed by atoms with Crippen molar-refractivity contribution >= 4 is 33.4 Å². The van der Waals surface area contributed by atoms with Gasteiger partial charge in [0.2, 0.25) is 5.78 Å². The number of hydrogen-bond donors (Lipinski definition) is 0. The summed E-state index contributed by atoms with van der Waals surface area (Å²) in [6, 6.07) is 17.4. The Morgan fingerprint density at radius 2 is 1.22 bits per heavy atom. The second-order valence-corrected chi connectivity index (χ2v) is 12.1. The Balaban J connectivity index is 1.67. The van der Waals surface area contributed by atoms with Crippen molar-refractivity contribution in [2.24, 2.45) is 23.7 Å². The second kappa shape index (κ2) is 8.33. The number of imidazole rings is 2. The Kier molecular flexibility index (Phi) is 5.16. The van der Waals surface area contributed by atoms with Gasteiger partial charge in [0.15, 0.2) is 0 Å². The lowest BCUT2D eigenvalue weighted by Crippen LogP contribution is -2.29. The molecule has 0 amide bonds. The van der Waals surface area contributed by atoms with Crippen LogP contribution >= 0.6 is 0 Å². The van der Waals surface area contributed by atoms with Crippen molar-refractivity contribution in [1.82, 2.24) is 18.8 Å². The van der Waals surface area contributed by atoms with Gasteiger partial charge in [-0.15, -0.1) is 0 Å². The van der Waals surface area contributed by atoms with Crippen LogP contribution in [0.4, 0.5) is 0 Å². The summed E-state index contributed by atoms with van der Waals surface area (Å²) < 4.78 is 4.92. The van der Waals surface area contributed by atoms with E-state index in [4.69, 9.17) is 9.97 Å². The average molecular weight is 479 g/mol. The van der Waals surface area contributed by atoms with Gasteiger partial charge in [-0.05, 0) is 47.9 Å². The molecule has 3 aromatic heterocycles. The van der Waals surface area contributed by atoms with Gasteiger partial charge >= 0.3 is 0 Å². The van der Waals surface area contributed by atoms with E-state index in [2.05, 4.69) is 85.0 Å². The van der Waals surface area contributed by atoms with E-state index in [-0.39, 0.29) is 0 Å². The summed E-state index contributed by atoms with van der Waals surface area (Å²) in [6.07, 6.45) is 7.93. The Labute approximate surface area is 213 Å². The van der Waals surface area contributed by atoms with Crippen LogP contribution in [0.5, 0.6) is 0 Å². The molecule has 186 valence electrons. The smallest absolute Gasteiger partial charge is 0.221 e. The molecule has 0 radical (unpaired) electrons. The summed E-state index contributed by atoms with van der Waals surface area (Å²) in [5.41, 5.74) is 7.37. The SMILES string of the molecule is CC1CCCC(C)C1c1nc2n(c1C1C(C)CCCC1C)c1ccccc1c1nc3ccccc3n12. The van der Waals surface area contributed by atoms with Crippen molar-refractivity contribution in [3.8, 4) is 0 Å². The fourth-order valence-corrected chi connectivity index (χ4v) is 8.10. The molecule has 0 spiro atoms. The van der Waals surface area contributed by atoms with Crippen molar-refractivity contribution in [2.75, 3.05) is 0 Å². The Morgan fingerprint density at radius 3 is 1.92 bits per heavy atom. The second-order valence-electron chi connectivity index (χ2n) is 12.1. The summed E-state index contributed by atoms with van der Waals surface area (Å²) in [5, 5.41) is 1.22. The van der Waals surface area contributed by atoms with Crippen LogP contribution in [0.2, 0.25) is 0 Å². The van der Waals surface area contributed by atoms with Crippen molar-refractivity contribution in [2.45, 2.75) is 78.1 Å². The van der Waals surface area contributed by atoms with Crippen LogP contribution in [0.25, 0.3) is 33.4 Å². The van der Waals surface area contributed by atoms with Gasteiger partial charge in [-0.1, -0.05) is 90.5 Å². The van der Waals surface area contributed by atoms with Gasteiger partial charge in [0.05, 0.1) is 27.9 Å². The van der Waals surface area contributed by atoms with E-state index in [0.29, 0.717) is 35.5 Å². The highest BCUT2D eigenvalue weighted by Crippen LogP contribution is 2.49. The van der Waals surface area contributed by atoms with Crippen LogP contribution in [-0.2, 0) is 0 Å². The summed E-state index contributed by atoms with van der Waals surface area (Å²) in [6.45, 7) is 9.93. The first-order valence-electron chi connectivity index (χ1n) is 14.2. The molecule has 0 aliphatic heterocycles. The van der Waals surface area contributed by atoms with E-state index < -0.39 is 0 Å². The maximum Gasteiger partial charge on any atom is 0.221 e. The molecule has 4 unspecified atom stereocenters. The van der Waals surface area contributed by atoms with E-state index in [0.717, 1.165) is 22.5 Å². The number of rotatable bonds is 2. The van der Waals surface area contributed by atoms with Crippen molar-refractivity contribution in [3.05, 3.63) is 59.9 Å². The van der Waals surface area contributed by atoms with Gasteiger partial charge in [0, 0.05) is 17.2 Å². The number of fused-ring (bicyclic) bond motifs is 8. The number of aromatic nitrogens is 4. The molecule has 0 bridgehead atoms. The van der Waals surface area contributed by atoms with Crippen LogP contribution in [0.15, 0.2) is 48.5 Å². The minimum absolute atomic E-state index is 0.513. The van der Waals surface area contributed by atoms with Gasteiger partial charge < -0.3 is 0 Å². The lowest BCUT2D eigenvalue weighted by Gasteiger charge is -2.38. The minimum Gasteiger partial charge on any atom is -0.281 e. The van der Waals surface area contributed by atoms with Gasteiger partial charge in [-0.3, -0.25) is 8.80 Å². The molecule has 2 aromatic carbocycles. The van der Waals surface area contributed by atoms with E-state index in [1.54, 1.807) is 0 Å². The minimum atomic E-state index is 0.513. The standard InChI is InChI=1S/C32H38N4/c1-19-11-9-12-20(2)27(19)29-30(28-21(3)13-10-14-22(28)4)35-25-17-7-5-15-23(25)31-33-24-16-6-8-18-26(24)36(31)32(35)34-29/h5-8,15-22,27-28H,9-14H2,1-4H3. The quantitative estimate of drug-likeness (QED) is 0.255. The van der Waals surface area contributed by atoms with E-state index in [1.807, 2.05) is 0 Å². The first-order valence-corrected chi connectivity index (χ1v) is 14.2. The maximum absolute atomic E-state index is 5.67. The predicted molar refractivity (Wildman–Crippen MR) is 149 cm³/mol. The third kappa shape index (κ3) is 3.12. The first-order chi connectivity index (χ1) is 17.5. The molecule has 2 aliphatic rings. The maximum atomic E-state index is 5.67. The topological polar surface area (TPSA) is 34.6 Å². The van der Waals surface area contributed by atoms with Crippen LogP contribution < -0.4 is 0 Å². The normalized spacial score (nSPS) is 29.6. The third-order valence-corrected chi connectivity index (χ3v) is 9.79. The van der Waals surface area contributed by atoms with Gasteiger partial charge in [0.1, 0.15) is 5.65 Å². The molecule has 4 nitrogen and oxygen atoms in total. The molecule has 3 heterocycles. The van der Waals surface area contributed by atoms with Crippen LogP contribution in [0.3, 0.4) is 0 Å². The predicted octanol–water partition coefficient (Wildman–Crippen LogP) is 8.37. The third-order valence-electron chi connectivity index (χ3n) is 9.79. The van der Waals surface area contributed by atoms with Crippen molar-refractivity contribution < 1.29 is 0 Å². The molecule has 5 aromatic rings. The molecule has 36 heavy (non-hydrogen) atoms. The van der Waals surface area contributed by atoms with Crippen molar-refractivity contribution in [3.63, 3.8) is 0 Å². The van der Waals surface area contributed by atoms with Crippen molar-refractivity contribution in [1.29, 1.82) is 0 Å². The number of hydrogen-bond acceptors (Lipinski definition) is 2. The summed E-state index contributed by atoms with van der Waals surface area (Å²) in [5.74, 6) is 4.74. The Hall–Kier alpha value is -2.88. The summed E-state index contributed by atoms with van der Waals surface area (Å²) in [7, 11) is 0. The number of nitrogens with zero attached hydrogens (tertiary/aromatic N) is 4. The molecule has 0 N–H and O–H groups in total. The molecule has 2 aliphatic carbocycles. The monoisotopic (exact) mass is 478 g/mol. The average Bonchev–Trinajstić information content (AvgIpc) is 3.44. The zero-order chi connectivity index (χ0) is 24.6. The molecule has 0 saturated heterocycles. The Bertz CT molecular complexity index is 1570. The highest BCUT2D eigenvalue weighted by atomic mass is 15.2.